The Balaban J connectivity index is 0. The molecule has 3 nitrogen and oxygen atoms in total. The number of rotatable bonds is 0. The van der Waals surface area contributed by atoms with Crippen molar-refractivity contribution >= 4 is 6.03 Å². The molecule has 0 aromatic heterocycles. The van der Waals surface area contributed by atoms with E-state index in [4.69, 9.17) is 0 Å². The Morgan fingerprint density at radius 3 is 0.750 bits per heavy atom. The molecule has 0 aliphatic rings. The number of urea groups is 1. The summed E-state index contributed by atoms with van der Waals surface area (Å²) in [6.07, 6.45) is 0. The zero-order valence-electron chi connectivity index (χ0n) is 12.8. The number of amides is 2. The topological polar surface area (TPSA) is 41.1 Å². The van der Waals surface area contributed by atoms with Gasteiger partial charge in [0.2, 0.25) is 0 Å². The fourth-order valence-electron chi connectivity index (χ4n) is 0.895. The molecule has 0 saturated heterocycles. The second-order valence-electron chi connectivity index (χ2n) is 3.14. The summed E-state index contributed by atoms with van der Waals surface area (Å²) in [4.78, 5) is 9.96. The summed E-state index contributed by atoms with van der Waals surface area (Å²) in [5, 5.41) is 4.73. The van der Waals surface area contributed by atoms with Crippen molar-refractivity contribution in [1.82, 2.24) is 10.6 Å². The molecule has 110 valence electrons. The van der Waals surface area contributed by atoms with Gasteiger partial charge in [-0.05, 0) is 0 Å². The van der Waals surface area contributed by atoms with Crippen molar-refractivity contribution in [3.8, 4) is 0 Å². The van der Waals surface area contributed by atoms with Crippen LogP contribution in [0, 0.1) is 0 Å². The molecule has 0 aliphatic carbocycles. The van der Waals surface area contributed by atoms with Crippen molar-refractivity contribution in [2.24, 2.45) is 0 Å². The van der Waals surface area contributed by atoms with Gasteiger partial charge in [0, 0.05) is 14.1 Å². The number of nitrogens with one attached hydrogen (secondary N) is 2. The molecule has 0 unspecified atom stereocenters. The maximum atomic E-state index is 9.96. The Hall–Kier alpha value is -2.29. The molecule has 2 rings (SSSR count). The molecule has 0 heterocycles. The van der Waals surface area contributed by atoms with E-state index in [1.54, 1.807) is 14.1 Å². The maximum Gasteiger partial charge on any atom is 0.314 e. The molecule has 0 saturated carbocycles. The van der Waals surface area contributed by atoms with E-state index < -0.39 is 0 Å². The van der Waals surface area contributed by atoms with Crippen molar-refractivity contribution in [2.75, 3.05) is 14.1 Å². The van der Waals surface area contributed by atoms with E-state index in [1.807, 2.05) is 86.6 Å². The van der Waals surface area contributed by atoms with Gasteiger partial charge in [0.15, 0.2) is 0 Å². The molecule has 0 bridgehead atoms. The first kappa shape index (κ1) is 20.0. The van der Waals surface area contributed by atoms with E-state index in [0.717, 1.165) is 0 Å². The van der Waals surface area contributed by atoms with Crippen molar-refractivity contribution < 1.29 is 4.79 Å². The summed E-state index contributed by atoms with van der Waals surface area (Å²) in [6, 6.07) is 23.8. The van der Waals surface area contributed by atoms with E-state index in [9.17, 15) is 4.79 Å². The molecule has 3 heteroatoms. The number of hydrogen-bond acceptors (Lipinski definition) is 1. The van der Waals surface area contributed by atoms with Crippen molar-refractivity contribution in [3.63, 3.8) is 0 Å². The van der Waals surface area contributed by atoms with E-state index in [-0.39, 0.29) is 6.03 Å². The minimum absolute atomic E-state index is 0.157. The molecule has 0 atom stereocenters. The van der Waals surface area contributed by atoms with Gasteiger partial charge < -0.3 is 10.6 Å². The van der Waals surface area contributed by atoms with Crippen LogP contribution in [-0.4, -0.2) is 20.1 Å². The minimum Gasteiger partial charge on any atom is -0.341 e. The first-order chi connectivity index (χ1) is 9.81. The Labute approximate surface area is 123 Å². The van der Waals surface area contributed by atoms with Gasteiger partial charge in [0.05, 0.1) is 0 Å². The zero-order valence-corrected chi connectivity index (χ0v) is 12.8. The smallest absolute Gasteiger partial charge is 0.314 e. The lowest BCUT2D eigenvalue weighted by Crippen LogP contribution is -2.28. The molecule has 0 spiro atoms. The van der Waals surface area contributed by atoms with Gasteiger partial charge in [-0.3, -0.25) is 0 Å². The number of benzene rings is 2. The molecular weight excluding hydrogens is 248 g/mol. The first-order valence-electron chi connectivity index (χ1n) is 6.70. The predicted molar refractivity (Wildman–Crippen MR) is 87.7 cm³/mol. The highest BCUT2D eigenvalue weighted by Crippen LogP contribution is 1.80. The summed E-state index contributed by atoms with van der Waals surface area (Å²) >= 11 is 0. The summed E-state index contributed by atoms with van der Waals surface area (Å²) in [5.41, 5.74) is 0. The molecule has 0 fully saturated rings. The van der Waals surface area contributed by atoms with Gasteiger partial charge in [0.25, 0.3) is 0 Å². The number of carbonyl (C=O) groups is 1. The summed E-state index contributed by atoms with van der Waals surface area (Å²) < 4.78 is 0. The van der Waals surface area contributed by atoms with Crippen LogP contribution >= 0.6 is 0 Å². The minimum atomic E-state index is -0.157. The third kappa shape index (κ3) is 18.1. The summed E-state index contributed by atoms with van der Waals surface area (Å²) in [5.74, 6) is 0. The second-order valence-corrected chi connectivity index (χ2v) is 3.14. The fraction of sp³-hybridized carbons (Fsp3) is 0.235. The van der Waals surface area contributed by atoms with Crippen LogP contribution in [-0.2, 0) is 0 Å². The van der Waals surface area contributed by atoms with Crippen LogP contribution in [0.3, 0.4) is 0 Å². The third-order valence-electron chi connectivity index (χ3n) is 1.79. The highest BCUT2D eigenvalue weighted by Gasteiger charge is 1.81. The van der Waals surface area contributed by atoms with E-state index in [1.165, 1.54) is 0 Å². The molecule has 2 aromatic carbocycles. The summed E-state index contributed by atoms with van der Waals surface area (Å²) in [7, 11) is 3.14. The molecule has 2 aromatic rings. The molecule has 0 aliphatic heterocycles. The maximum absolute atomic E-state index is 9.96. The first-order valence-corrected chi connectivity index (χ1v) is 6.70. The Bertz CT molecular complexity index is 286. The Morgan fingerprint density at radius 2 is 0.700 bits per heavy atom. The van der Waals surface area contributed by atoms with Crippen molar-refractivity contribution in [1.29, 1.82) is 0 Å². The van der Waals surface area contributed by atoms with E-state index in [2.05, 4.69) is 10.6 Å². The van der Waals surface area contributed by atoms with Crippen LogP contribution in [0.5, 0.6) is 0 Å². The molecule has 0 radical (unpaired) electrons. The number of carbonyl (C=O) groups excluding carboxylic acids is 1. The fourth-order valence-corrected chi connectivity index (χ4v) is 0.895. The number of hydrogen-bond donors (Lipinski definition) is 2. The van der Waals surface area contributed by atoms with Crippen LogP contribution in [0.2, 0.25) is 0 Å². The third-order valence-corrected chi connectivity index (χ3v) is 1.79. The predicted octanol–water partition coefficient (Wildman–Crippen LogP) is 3.94. The van der Waals surface area contributed by atoms with Crippen LogP contribution < -0.4 is 10.6 Å². The molecule has 2 amide bonds. The van der Waals surface area contributed by atoms with Gasteiger partial charge in [-0.1, -0.05) is 86.6 Å². The Kier molecular flexibility index (Phi) is 19.1. The van der Waals surface area contributed by atoms with Crippen molar-refractivity contribution in [2.45, 2.75) is 13.8 Å². The monoisotopic (exact) mass is 274 g/mol. The van der Waals surface area contributed by atoms with Gasteiger partial charge in [-0.2, -0.15) is 0 Å². The van der Waals surface area contributed by atoms with E-state index in [0.29, 0.717) is 0 Å². The average molecular weight is 274 g/mol. The summed E-state index contributed by atoms with van der Waals surface area (Å²) in [6.45, 7) is 4.00. The highest BCUT2D eigenvalue weighted by molar-refractivity contribution is 5.72. The van der Waals surface area contributed by atoms with Crippen LogP contribution in [0.25, 0.3) is 0 Å². The van der Waals surface area contributed by atoms with Crippen LogP contribution in [0.1, 0.15) is 13.8 Å². The lowest BCUT2D eigenvalue weighted by Gasteiger charge is -1.91. The van der Waals surface area contributed by atoms with Gasteiger partial charge in [-0.15, -0.1) is 0 Å². The van der Waals surface area contributed by atoms with Gasteiger partial charge >= 0.3 is 6.03 Å². The average Bonchev–Trinajstić information content (AvgIpc) is 2.60. The molecular formula is C17H26N2O. The Morgan fingerprint density at radius 1 is 0.550 bits per heavy atom. The highest BCUT2D eigenvalue weighted by atomic mass is 16.2. The SMILES string of the molecule is CC.CNC(=O)NC.c1ccccc1.c1ccccc1. The normalized spacial score (nSPS) is 7.20. The van der Waals surface area contributed by atoms with Crippen molar-refractivity contribution in [3.05, 3.63) is 72.8 Å². The van der Waals surface area contributed by atoms with E-state index >= 15 is 0 Å². The largest absolute Gasteiger partial charge is 0.341 e. The quantitative estimate of drug-likeness (QED) is 0.750. The van der Waals surface area contributed by atoms with Gasteiger partial charge in [0.1, 0.15) is 0 Å². The van der Waals surface area contributed by atoms with Crippen LogP contribution in [0.15, 0.2) is 72.8 Å². The zero-order chi connectivity index (χ0) is 15.5. The van der Waals surface area contributed by atoms with Gasteiger partial charge in [-0.25, -0.2) is 4.79 Å². The lowest BCUT2D eigenvalue weighted by molar-refractivity contribution is 0.245. The molecule has 2 N–H and O–H groups in total. The molecule has 20 heavy (non-hydrogen) atoms. The standard InChI is InChI=1S/2C6H6.C3H8N2O.C2H6/c2*1-2-4-6-5-3-1;1-4-3(6)5-2;1-2/h2*1-6H;1-2H3,(H2,4,5,6);1-2H3. The van der Waals surface area contributed by atoms with Crippen LogP contribution in [0.4, 0.5) is 4.79 Å². The second kappa shape index (κ2) is 19.1. The lowest BCUT2D eigenvalue weighted by atomic mass is 10.4.